The largest absolute Gasteiger partial charge is 0.338 e. The first-order valence-corrected chi connectivity index (χ1v) is 7.73. The molecule has 2 aromatic carbocycles. The van der Waals surface area contributed by atoms with Gasteiger partial charge in [0.05, 0.1) is 0 Å². The molecule has 0 saturated heterocycles. The molecule has 4 nitrogen and oxygen atoms in total. The third-order valence-corrected chi connectivity index (χ3v) is 3.62. The van der Waals surface area contributed by atoms with Gasteiger partial charge in [-0.2, -0.15) is 0 Å². The number of urea groups is 1. The molecular formula is C19H18FN3O. The molecule has 1 aromatic heterocycles. The standard InChI is InChI=1S/C19H18FN3O/c20-16-5-3-4-15(14-16)10-11-21-19(24)22-17-6-8-18(9-7-17)23-12-1-2-13-23/h1-9,12-14H,10-11H2,(H2,21,22,24). The predicted molar refractivity (Wildman–Crippen MR) is 92.9 cm³/mol. The quantitative estimate of drug-likeness (QED) is 0.733. The van der Waals surface area contributed by atoms with E-state index in [1.54, 1.807) is 6.07 Å². The average Bonchev–Trinajstić information content (AvgIpc) is 3.10. The van der Waals surface area contributed by atoms with Gasteiger partial charge in [0.15, 0.2) is 0 Å². The topological polar surface area (TPSA) is 46.1 Å². The molecule has 0 saturated carbocycles. The molecule has 3 aromatic rings. The van der Waals surface area contributed by atoms with E-state index in [2.05, 4.69) is 10.6 Å². The molecule has 0 aliphatic rings. The van der Waals surface area contributed by atoms with Crippen LogP contribution in [0.25, 0.3) is 5.69 Å². The number of benzene rings is 2. The van der Waals surface area contributed by atoms with Crippen LogP contribution in [0.15, 0.2) is 73.1 Å². The summed E-state index contributed by atoms with van der Waals surface area (Å²) in [5.74, 6) is -0.264. The maximum Gasteiger partial charge on any atom is 0.319 e. The maximum atomic E-state index is 13.1. The van der Waals surface area contributed by atoms with E-state index in [-0.39, 0.29) is 11.8 Å². The third kappa shape index (κ3) is 4.23. The lowest BCUT2D eigenvalue weighted by molar-refractivity contribution is 0.252. The van der Waals surface area contributed by atoms with E-state index in [4.69, 9.17) is 0 Å². The van der Waals surface area contributed by atoms with Crippen LogP contribution in [0.5, 0.6) is 0 Å². The van der Waals surface area contributed by atoms with Gasteiger partial charge in [0.25, 0.3) is 0 Å². The first-order chi connectivity index (χ1) is 11.7. The molecule has 3 rings (SSSR count). The molecule has 5 heteroatoms. The minimum Gasteiger partial charge on any atom is -0.338 e. The van der Waals surface area contributed by atoms with Crippen LogP contribution in [0.1, 0.15) is 5.56 Å². The van der Waals surface area contributed by atoms with E-state index in [0.29, 0.717) is 18.7 Å². The molecule has 122 valence electrons. The van der Waals surface area contributed by atoms with Gasteiger partial charge >= 0.3 is 6.03 Å². The molecule has 0 aliphatic carbocycles. The Morgan fingerprint density at radius 2 is 1.75 bits per heavy atom. The fourth-order valence-electron chi connectivity index (χ4n) is 2.41. The minimum absolute atomic E-state index is 0.264. The molecule has 0 spiro atoms. The number of halogens is 1. The number of carbonyl (C=O) groups is 1. The molecule has 0 fully saturated rings. The summed E-state index contributed by atoms with van der Waals surface area (Å²) in [7, 11) is 0. The van der Waals surface area contributed by atoms with E-state index in [9.17, 15) is 9.18 Å². The van der Waals surface area contributed by atoms with Crippen LogP contribution in [0.2, 0.25) is 0 Å². The molecule has 2 amide bonds. The van der Waals surface area contributed by atoms with Crippen LogP contribution in [-0.2, 0) is 6.42 Å². The second-order valence-corrected chi connectivity index (χ2v) is 5.40. The molecule has 0 aliphatic heterocycles. The van der Waals surface area contributed by atoms with Crippen molar-refractivity contribution >= 4 is 11.7 Å². The smallest absolute Gasteiger partial charge is 0.319 e. The van der Waals surface area contributed by atoms with Gasteiger partial charge in [0, 0.05) is 30.3 Å². The summed E-state index contributed by atoms with van der Waals surface area (Å²) >= 11 is 0. The number of hydrogen-bond acceptors (Lipinski definition) is 1. The molecule has 24 heavy (non-hydrogen) atoms. The van der Waals surface area contributed by atoms with E-state index in [0.717, 1.165) is 11.3 Å². The molecule has 0 unspecified atom stereocenters. The van der Waals surface area contributed by atoms with Gasteiger partial charge in [0.2, 0.25) is 0 Å². The maximum absolute atomic E-state index is 13.1. The normalized spacial score (nSPS) is 10.4. The Balaban J connectivity index is 1.48. The number of rotatable bonds is 5. The van der Waals surface area contributed by atoms with Gasteiger partial charge < -0.3 is 15.2 Å². The second kappa shape index (κ2) is 7.46. The summed E-state index contributed by atoms with van der Waals surface area (Å²) in [6.07, 6.45) is 4.50. The Kier molecular flexibility index (Phi) is 4.91. The average molecular weight is 323 g/mol. The van der Waals surface area contributed by atoms with Gasteiger partial charge in [-0.15, -0.1) is 0 Å². The zero-order valence-corrected chi connectivity index (χ0v) is 13.1. The molecule has 0 radical (unpaired) electrons. The highest BCUT2D eigenvalue weighted by Gasteiger charge is 2.02. The van der Waals surface area contributed by atoms with E-state index in [1.807, 2.05) is 59.4 Å². The van der Waals surface area contributed by atoms with Crippen LogP contribution in [0, 0.1) is 5.82 Å². The minimum atomic E-state index is -0.278. The lowest BCUT2D eigenvalue weighted by atomic mass is 10.1. The van der Waals surface area contributed by atoms with Gasteiger partial charge in [-0.05, 0) is 60.5 Å². The monoisotopic (exact) mass is 323 g/mol. The summed E-state index contributed by atoms with van der Waals surface area (Å²) < 4.78 is 15.1. The Morgan fingerprint density at radius 3 is 2.46 bits per heavy atom. The Hall–Kier alpha value is -3.08. The highest BCUT2D eigenvalue weighted by molar-refractivity contribution is 5.89. The van der Waals surface area contributed by atoms with Crippen molar-refractivity contribution in [3.05, 3.63) is 84.4 Å². The number of aromatic nitrogens is 1. The fourth-order valence-corrected chi connectivity index (χ4v) is 2.41. The first-order valence-electron chi connectivity index (χ1n) is 7.73. The van der Waals surface area contributed by atoms with E-state index in [1.165, 1.54) is 12.1 Å². The van der Waals surface area contributed by atoms with Crippen LogP contribution in [0.4, 0.5) is 14.9 Å². The lowest BCUT2D eigenvalue weighted by Crippen LogP contribution is -2.30. The second-order valence-electron chi connectivity index (χ2n) is 5.40. The number of nitrogens with one attached hydrogen (secondary N) is 2. The molecule has 0 bridgehead atoms. The lowest BCUT2D eigenvalue weighted by Gasteiger charge is -2.09. The zero-order chi connectivity index (χ0) is 16.8. The first kappa shape index (κ1) is 15.8. The highest BCUT2D eigenvalue weighted by Crippen LogP contribution is 2.13. The van der Waals surface area contributed by atoms with Crippen molar-refractivity contribution in [2.75, 3.05) is 11.9 Å². The van der Waals surface area contributed by atoms with Crippen molar-refractivity contribution in [3.8, 4) is 5.69 Å². The van der Waals surface area contributed by atoms with Gasteiger partial charge in [0.1, 0.15) is 5.82 Å². The molecule has 0 atom stereocenters. The number of anilines is 1. The van der Waals surface area contributed by atoms with Gasteiger partial charge in [-0.1, -0.05) is 12.1 Å². The summed E-state index contributed by atoms with van der Waals surface area (Å²) in [6.45, 7) is 0.441. The van der Waals surface area contributed by atoms with Crippen molar-refractivity contribution in [2.45, 2.75) is 6.42 Å². The summed E-state index contributed by atoms with van der Waals surface area (Å²) in [6, 6.07) is 17.6. The Labute approximate surface area is 139 Å². The van der Waals surface area contributed by atoms with Crippen molar-refractivity contribution in [2.24, 2.45) is 0 Å². The van der Waals surface area contributed by atoms with Gasteiger partial charge in [-0.25, -0.2) is 9.18 Å². The zero-order valence-electron chi connectivity index (χ0n) is 13.1. The van der Waals surface area contributed by atoms with Gasteiger partial charge in [-0.3, -0.25) is 0 Å². The van der Waals surface area contributed by atoms with Crippen molar-refractivity contribution in [3.63, 3.8) is 0 Å². The molecule has 1 heterocycles. The van der Waals surface area contributed by atoms with E-state index >= 15 is 0 Å². The molecule has 2 N–H and O–H groups in total. The number of amides is 2. The number of hydrogen-bond donors (Lipinski definition) is 2. The SMILES string of the molecule is O=C(NCCc1cccc(F)c1)Nc1ccc(-n2cccc2)cc1. The molecular weight excluding hydrogens is 305 g/mol. The van der Waals surface area contributed by atoms with Crippen LogP contribution < -0.4 is 10.6 Å². The number of carbonyl (C=O) groups excluding carboxylic acids is 1. The highest BCUT2D eigenvalue weighted by atomic mass is 19.1. The fraction of sp³-hybridized carbons (Fsp3) is 0.105. The summed E-state index contributed by atoms with van der Waals surface area (Å²) in [5.41, 5.74) is 2.59. The van der Waals surface area contributed by atoms with Crippen LogP contribution >= 0.6 is 0 Å². The van der Waals surface area contributed by atoms with Crippen LogP contribution in [0.3, 0.4) is 0 Å². The Morgan fingerprint density at radius 1 is 1.00 bits per heavy atom. The third-order valence-electron chi connectivity index (χ3n) is 3.62. The van der Waals surface area contributed by atoms with Crippen molar-refractivity contribution in [1.82, 2.24) is 9.88 Å². The number of nitrogens with zero attached hydrogens (tertiary/aromatic N) is 1. The van der Waals surface area contributed by atoms with Crippen molar-refractivity contribution < 1.29 is 9.18 Å². The summed E-state index contributed by atoms with van der Waals surface area (Å²) in [5, 5.41) is 5.54. The summed E-state index contributed by atoms with van der Waals surface area (Å²) in [4.78, 5) is 11.9. The van der Waals surface area contributed by atoms with Crippen LogP contribution in [-0.4, -0.2) is 17.1 Å². The Bertz CT molecular complexity index is 798. The predicted octanol–water partition coefficient (Wildman–Crippen LogP) is 3.98. The van der Waals surface area contributed by atoms with E-state index < -0.39 is 0 Å². The van der Waals surface area contributed by atoms with Crippen molar-refractivity contribution in [1.29, 1.82) is 0 Å².